The molecule has 0 bridgehead atoms. The van der Waals surface area contributed by atoms with E-state index in [-0.39, 0.29) is 11.4 Å². The van der Waals surface area contributed by atoms with Gasteiger partial charge in [-0.05, 0) is 38.3 Å². The molecule has 1 aliphatic rings. The topological polar surface area (TPSA) is 20.3 Å². The predicted octanol–water partition coefficient (Wildman–Crippen LogP) is 4.80. The molecule has 2 heteroatoms. The summed E-state index contributed by atoms with van der Waals surface area (Å²) in [4.78, 5) is 14.3. The Morgan fingerprint density at radius 2 is 1.90 bits per heavy atom. The van der Waals surface area contributed by atoms with Crippen LogP contribution < -0.4 is 4.90 Å². The van der Waals surface area contributed by atoms with E-state index in [4.69, 9.17) is 0 Å². The van der Waals surface area contributed by atoms with Gasteiger partial charge in [0.2, 0.25) is 5.91 Å². The molecule has 0 aromatic heterocycles. The van der Waals surface area contributed by atoms with Crippen molar-refractivity contribution in [3.63, 3.8) is 0 Å². The van der Waals surface area contributed by atoms with Gasteiger partial charge in [0, 0.05) is 12.0 Å². The Morgan fingerprint density at radius 3 is 2.55 bits per heavy atom. The van der Waals surface area contributed by atoms with Crippen LogP contribution in [0.2, 0.25) is 0 Å². The van der Waals surface area contributed by atoms with Crippen molar-refractivity contribution in [2.75, 3.05) is 4.90 Å². The van der Waals surface area contributed by atoms with Crippen molar-refractivity contribution in [3.05, 3.63) is 35.9 Å². The van der Waals surface area contributed by atoms with Crippen molar-refractivity contribution < 1.29 is 4.79 Å². The van der Waals surface area contributed by atoms with Gasteiger partial charge in [-0.3, -0.25) is 4.79 Å². The van der Waals surface area contributed by atoms with Gasteiger partial charge in [0.05, 0.1) is 11.2 Å². The fourth-order valence-electron chi connectivity index (χ4n) is 3.01. The lowest BCUT2D eigenvalue weighted by molar-refractivity contribution is -0.119. The number of carbonyl (C=O) groups is 1. The van der Waals surface area contributed by atoms with Crippen molar-refractivity contribution in [3.8, 4) is 0 Å². The van der Waals surface area contributed by atoms with Gasteiger partial charge in [-0.25, -0.2) is 0 Å². The van der Waals surface area contributed by atoms with Gasteiger partial charge < -0.3 is 4.90 Å². The third-order valence-corrected chi connectivity index (χ3v) is 3.95. The minimum absolute atomic E-state index is 0.188. The van der Waals surface area contributed by atoms with Crippen molar-refractivity contribution in [1.82, 2.24) is 0 Å². The molecule has 0 unspecified atom stereocenters. The van der Waals surface area contributed by atoms with Gasteiger partial charge in [-0.2, -0.15) is 0 Å². The Bertz CT molecular complexity index is 528. The monoisotopic (exact) mass is 271 g/mol. The molecule has 0 atom stereocenters. The normalized spacial score (nSPS) is 16.6. The molecule has 0 aliphatic carbocycles. The Hall–Kier alpha value is -1.57. The average Bonchev–Trinajstić information content (AvgIpc) is 2.43. The summed E-state index contributed by atoms with van der Waals surface area (Å²) in [6.07, 6.45) is 6.29. The first-order valence-corrected chi connectivity index (χ1v) is 7.65. The fourth-order valence-corrected chi connectivity index (χ4v) is 3.01. The number of amides is 1. The first-order valence-electron chi connectivity index (χ1n) is 7.65. The molecule has 0 radical (unpaired) electrons. The maximum Gasteiger partial charge on any atom is 0.227 e. The van der Waals surface area contributed by atoms with Crippen LogP contribution in [0, 0.1) is 0 Å². The number of hydrogen-bond donors (Lipinski definition) is 0. The van der Waals surface area contributed by atoms with Crippen LogP contribution in [0.25, 0.3) is 5.57 Å². The minimum atomic E-state index is -0.246. The molecule has 1 aliphatic heterocycles. The van der Waals surface area contributed by atoms with Crippen molar-refractivity contribution in [2.45, 2.75) is 58.9 Å². The van der Waals surface area contributed by atoms with Crippen LogP contribution in [-0.4, -0.2) is 11.4 Å². The van der Waals surface area contributed by atoms with E-state index in [0.717, 1.165) is 12.1 Å². The van der Waals surface area contributed by atoms with E-state index in [0.29, 0.717) is 6.42 Å². The van der Waals surface area contributed by atoms with Crippen LogP contribution in [0.4, 0.5) is 5.69 Å². The Morgan fingerprint density at radius 1 is 1.20 bits per heavy atom. The van der Waals surface area contributed by atoms with Gasteiger partial charge in [-0.15, -0.1) is 0 Å². The number of hydrogen-bond acceptors (Lipinski definition) is 1. The number of nitrogens with zero attached hydrogens (tertiary/aromatic N) is 1. The highest BCUT2D eigenvalue weighted by Gasteiger charge is 2.35. The van der Waals surface area contributed by atoms with Gasteiger partial charge >= 0.3 is 0 Å². The lowest BCUT2D eigenvalue weighted by Gasteiger charge is -2.42. The molecule has 0 saturated carbocycles. The summed E-state index contributed by atoms with van der Waals surface area (Å²) >= 11 is 0. The number of benzene rings is 1. The Labute approximate surface area is 122 Å². The number of carbonyl (C=O) groups excluding carboxylic acids is 1. The molecule has 1 heterocycles. The highest BCUT2D eigenvalue weighted by Crippen LogP contribution is 2.41. The smallest absolute Gasteiger partial charge is 0.227 e. The largest absolute Gasteiger partial charge is 0.303 e. The Kier molecular flexibility index (Phi) is 4.32. The molecule has 0 spiro atoms. The number of unbranched alkanes of at least 4 members (excludes halogenated alkanes) is 1. The van der Waals surface area contributed by atoms with Crippen LogP contribution >= 0.6 is 0 Å². The summed E-state index contributed by atoms with van der Waals surface area (Å²) in [5, 5.41) is 0. The lowest BCUT2D eigenvalue weighted by Crippen LogP contribution is -2.48. The molecule has 2 rings (SSSR count). The molecule has 2 nitrogen and oxygen atoms in total. The number of anilines is 1. The first-order chi connectivity index (χ1) is 9.51. The van der Waals surface area contributed by atoms with Crippen LogP contribution in [0.1, 0.15) is 58.9 Å². The van der Waals surface area contributed by atoms with Crippen molar-refractivity contribution in [1.29, 1.82) is 0 Å². The fraction of sp³-hybridized carbons (Fsp3) is 0.500. The SMILES string of the molecule is CCCCC1=CC(C)(C)N(C(=O)CC)c2ccccc21. The molecule has 108 valence electrons. The second-order valence-electron chi connectivity index (χ2n) is 6.03. The summed E-state index contributed by atoms with van der Waals surface area (Å²) < 4.78 is 0. The van der Waals surface area contributed by atoms with E-state index >= 15 is 0 Å². The summed E-state index contributed by atoms with van der Waals surface area (Å²) in [7, 11) is 0. The Balaban J connectivity index is 2.51. The zero-order valence-corrected chi connectivity index (χ0v) is 13.1. The van der Waals surface area contributed by atoms with E-state index in [1.54, 1.807) is 0 Å². The van der Waals surface area contributed by atoms with Crippen molar-refractivity contribution in [2.24, 2.45) is 0 Å². The third-order valence-electron chi connectivity index (χ3n) is 3.95. The van der Waals surface area contributed by atoms with Gasteiger partial charge in [0.1, 0.15) is 0 Å². The molecular formula is C18H25NO. The zero-order valence-electron chi connectivity index (χ0n) is 13.1. The summed E-state index contributed by atoms with van der Waals surface area (Å²) in [5.41, 5.74) is 3.43. The lowest BCUT2D eigenvalue weighted by atomic mass is 9.85. The van der Waals surface area contributed by atoms with Crippen LogP contribution in [0.15, 0.2) is 30.3 Å². The summed E-state index contributed by atoms with van der Waals surface area (Å²) in [6, 6.07) is 8.30. The van der Waals surface area contributed by atoms with E-state index in [1.807, 2.05) is 17.9 Å². The van der Waals surface area contributed by atoms with E-state index in [1.165, 1.54) is 24.0 Å². The predicted molar refractivity (Wildman–Crippen MR) is 85.8 cm³/mol. The highest BCUT2D eigenvalue weighted by atomic mass is 16.2. The second kappa shape index (κ2) is 5.82. The maximum atomic E-state index is 12.4. The second-order valence-corrected chi connectivity index (χ2v) is 6.03. The zero-order chi connectivity index (χ0) is 14.8. The van der Waals surface area contributed by atoms with E-state index < -0.39 is 0 Å². The summed E-state index contributed by atoms with van der Waals surface area (Å²) in [6.45, 7) is 8.40. The molecule has 1 amide bonds. The number of fused-ring (bicyclic) bond motifs is 1. The standard InChI is InChI=1S/C18H25NO/c1-5-7-10-14-13-18(3,4)19(17(20)6-2)16-12-9-8-11-15(14)16/h8-9,11-13H,5-7,10H2,1-4H3. The van der Waals surface area contributed by atoms with Gasteiger partial charge in [0.25, 0.3) is 0 Å². The molecule has 0 N–H and O–H groups in total. The molecular weight excluding hydrogens is 246 g/mol. The van der Waals surface area contributed by atoms with Gasteiger partial charge in [0.15, 0.2) is 0 Å². The van der Waals surface area contributed by atoms with Crippen LogP contribution in [0.3, 0.4) is 0 Å². The highest BCUT2D eigenvalue weighted by molar-refractivity contribution is 6.00. The van der Waals surface area contributed by atoms with E-state index in [9.17, 15) is 4.79 Å². The first kappa shape index (κ1) is 14.8. The average molecular weight is 271 g/mol. The maximum absolute atomic E-state index is 12.4. The summed E-state index contributed by atoms with van der Waals surface area (Å²) in [5.74, 6) is 0.188. The van der Waals surface area contributed by atoms with Crippen molar-refractivity contribution >= 4 is 17.2 Å². The van der Waals surface area contributed by atoms with E-state index in [2.05, 4.69) is 45.0 Å². The van der Waals surface area contributed by atoms with Crippen LogP contribution in [0.5, 0.6) is 0 Å². The number of allylic oxidation sites excluding steroid dienone is 1. The quantitative estimate of drug-likeness (QED) is 0.770. The number of para-hydroxylation sites is 1. The van der Waals surface area contributed by atoms with Crippen LogP contribution in [-0.2, 0) is 4.79 Å². The molecule has 0 fully saturated rings. The molecule has 0 saturated heterocycles. The number of rotatable bonds is 4. The molecule has 1 aromatic carbocycles. The third kappa shape index (κ3) is 2.65. The minimum Gasteiger partial charge on any atom is -0.303 e. The molecule has 20 heavy (non-hydrogen) atoms. The van der Waals surface area contributed by atoms with Gasteiger partial charge in [-0.1, -0.05) is 44.5 Å². The molecule has 1 aromatic rings.